The van der Waals surface area contributed by atoms with Gasteiger partial charge >= 0.3 is 0 Å². The average molecular weight is 472 g/mol. The van der Waals surface area contributed by atoms with E-state index in [2.05, 4.69) is 22.2 Å². The molecule has 1 aliphatic heterocycles. The van der Waals surface area contributed by atoms with Crippen LogP contribution in [0.3, 0.4) is 0 Å². The highest BCUT2D eigenvalue weighted by Crippen LogP contribution is 2.35. The van der Waals surface area contributed by atoms with Gasteiger partial charge in [0, 0.05) is 4.91 Å². The van der Waals surface area contributed by atoms with Crippen LogP contribution in [0.4, 0.5) is 0 Å². The summed E-state index contributed by atoms with van der Waals surface area (Å²) in [6, 6.07) is 13.5. The molecule has 7 nitrogen and oxygen atoms in total. The summed E-state index contributed by atoms with van der Waals surface area (Å²) in [6.45, 7) is 4.06. The maximum Gasteiger partial charge on any atom is 0.265 e. The van der Waals surface area contributed by atoms with E-state index in [1.54, 1.807) is 0 Å². The molecule has 3 unspecified atom stereocenters. The molecule has 3 rings (SSSR count). The topological polar surface area (TPSA) is 100 Å². The molecule has 5 atom stereocenters. The monoisotopic (exact) mass is 470 g/mol. The van der Waals surface area contributed by atoms with Gasteiger partial charge in [0.1, 0.15) is 6.04 Å². The van der Waals surface area contributed by atoms with Gasteiger partial charge in [-0.15, -0.1) is 0 Å². The Morgan fingerprint density at radius 1 is 1.20 bits per heavy atom. The van der Waals surface area contributed by atoms with Gasteiger partial charge in [-0.3, -0.25) is 5.41 Å². The summed E-state index contributed by atoms with van der Waals surface area (Å²) in [5.74, 6) is -0.871. The van der Waals surface area contributed by atoms with E-state index >= 15 is 0 Å². The normalized spacial score (nSPS) is 26.8. The van der Waals surface area contributed by atoms with Crippen LogP contribution in [0.25, 0.3) is 21.2 Å². The fraction of sp³-hybridized carbons (Fsp3) is 0.450. The molecule has 10 heteroatoms. The number of benzene rings is 2. The fourth-order valence-electron chi connectivity index (χ4n) is 3.55. The Morgan fingerprint density at radius 3 is 2.57 bits per heavy atom. The Bertz CT molecular complexity index is 962. The predicted octanol–water partition coefficient (Wildman–Crippen LogP) is 6.15. The second-order valence-electron chi connectivity index (χ2n) is 7.17. The van der Waals surface area contributed by atoms with Crippen LogP contribution in [0.2, 0.25) is 0 Å². The van der Waals surface area contributed by atoms with Crippen LogP contribution in [0.15, 0.2) is 47.6 Å². The Labute approximate surface area is 189 Å². The lowest BCUT2D eigenvalue weighted by molar-refractivity contribution is -0.227. The van der Waals surface area contributed by atoms with Crippen molar-refractivity contribution in [2.24, 2.45) is 11.0 Å². The van der Waals surface area contributed by atoms with Gasteiger partial charge in [0.2, 0.25) is 12.2 Å². The predicted molar refractivity (Wildman–Crippen MR) is 118 cm³/mol. The van der Waals surface area contributed by atoms with Crippen molar-refractivity contribution in [3.8, 4) is 0 Å². The minimum absolute atomic E-state index is 0.265. The second-order valence-corrected chi connectivity index (χ2v) is 9.45. The molecule has 0 spiro atoms. The smallest absolute Gasteiger partial charge is 0.265 e. The maximum absolute atomic E-state index is 8.98. The standard InChI is InChI=1S/C20H21Cl3N4O3/c1-11-16(26-27-25)18(30-19(24)20(21,22)23)29-12(2)17(11)28-10-13-7-8-14-5-3-4-6-15(14)9-13/h3-9,11-12,16-18,24H,10H2,1-2H3/t11-,12?,16?,17-,18?/m1/s1. The molecular formula is C20H21Cl3N4O3. The van der Waals surface area contributed by atoms with E-state index in [0.29, 0.717) is 6.61 Å². The van der Waals surface area contributed by atoms with Crippen LogP contribution in [0.5, 0.6) is 0 Å². The number of halogens is 3. The van der Waals surface area contributed by atoms with Crippen LogP contribution in [0, 0.1) is 11.3 Å². The number of hydrogen-bond acceptors (Lipinski definition) is 5. The minimum Gasteiger partial charge on any atom is -0.448 e. The summed E-state index contributed by atoms with van der Waals surface area (Å²) >= 11 is 17.1. The van der Waals surface area contributed by atoms with Crippen LogP contribution in [0.1, 0.15) is 19.4 Å². The molecule has 1 aliphatic rings. The molecule has 1 heterocycles. The molecular weight excluding hydrogens is 451 g/mol. The van der Waals surface area contributed by atoms with Gasteiger partial charge in [0.25, 0.3) is 3.79 Å². The Hall–Kier alpha value is -1.73. The minimum atomic E-state index is -2.04. The number of azide groups is 1. The van der Waals surface area contributed by atoms with Gasteiger partial charge in [0.15, 0.2) is 0 Å². The first kappa shape index (κ1) is 22.9. The zero-order valence-corrected chi connectivity index (χ0v) is 18.6. The molecule has 1 saturated heterocycles. The van der Waals surface area contributed by atoms with Crippen molar-refractivity contribution in [2.45, 2.75) is 48.8 Å². The number of nitrogens with one attached hydrogen (secondary N) is 1. The zero-order valence-electron chi connectivity index (χ0n) is 16.3. The maximum atomic E-state index is 8.98. The van der Waals surface area contributed by atoms with E-state index in [9.17, 15) is 0 Å². The lowest BCUT2D eigenvalue weighted by Gasteiger charge is -2.42. The third-order valence-electron chi connectivity index (χ3n) is 5.08. The van der Waals surface area contributed by atoms with Crippen molar-refractivity contribution in [3.05, 3.63) is 58.5 Å². The number of alkyl halides is 3. The lowest BCUT2D eigenvalue weighted by atomic mass is 9.89. The van der Waals surface area contributed by atoms with Gasteiger partial charge in [-0.1, -0.05) is 83.2 Å². The molecule has 2 aromatic rings. The molecule has 0 aromatic heterocycles. The fourth-order valence-corrected chi connectivity index (χ4v) is 3.68. The molecule has 0 aliphatic carbocycles. The van der Waals surface area contributed by atoms with Crippen molar-refractivity contribution in [3.63, 3.8) is 0 Å². The van der Waals surface area contributed by atoms with Crippen LogP contribution in [-0.2, 0) is 20.8 Å². The van der Waals surface area contributed by atoms with Crippen molar-refractivity contribution in [2.75, 3.05) is 0 Å². The van der Waals surface area contributed by atoms with Crippen LogP contribution in [-0.4, -0.2) is 34.2 Å². The molecule has 1 fully saturated rings. The highest BCUT2D eigenvalue weighted by atomic mass is 35.6. The summed E-state index contributed by atoms with van der Waals surface area (Å²) in [5.41, 5.74) is 10.0. The Balaban J connectivity index is 1.72. The lowest BCUT2D eigenvalue weighted by Crippen LogP contribution is -2.54. The zero-order chi connectivity index (χ0) is 21.9. The summed E-state index contributed by atoms with van der Waals surface area (Å²) in [6.07, 6.45) is -1.83. The van der Waals surface area contributed by atoms with E-state index in [-0.39, 0.29) is 12.0 Å². The number of fused-ring (bicyclic) bond motifs is 1. The van der Waals surface area contributed by atoms with Crippen molar-refractivity contribution < 1.29 is 14.2 Å². The van der Waals surface area contributed by atoms with Gasteiger partial charge in [-0.25, -0.2) is 0 Å². The van der Waals surface area contributed by atoms with E-state index in [0.717, 1.165) is 16.3 Å². The van der Waals surface area contributed by atoms with Gasteiger partial charge in [0.05, 0.1) is 18.8 Å². The summed E-state index contributed by atoms with van der Waals surface area (Å²) in [7, 11) is 0. The van der Waals surface area contributed by atoms with Crippen LogP contribution >= 0.6 is 34.8 Å². The quantitative estimate of drug-likeness (QED) is 0.141. The third-order valence-corrected chi connectivity index (χ3v) is 5.59. The first-order valence-electron chi connectivity index (χ1n) is 9.32. The van der Waals surface area contributed by atoms with E-state index < -0.39 is 28.1 Å². The first-order chi connectivity index (χ1) is 14.2. The molecule has 1 N–H and O–H groups in total. The molecule has 0 amide bonds. The highest BCUT2D eigenvalue weighted by molar-refractivity contribution is 6.76. The average Bonchev–Trinajstić information content (AvgIpc) is 2.69. The molecule has 30 heavy (non-hydrogen) atoms. The molecule has 0 saturated carbocycles. The number of nitrogens with zero attached hydrogens (tertiary/aromatic N) is 3. The van der Waals surface area contributed by atoms with E-state index in [1.807, 2.05) is 44.2 Å². The van der Waals surface area contributed by atoms with Crippen molar-refractivity contribution in [1.29, 1.82) is 5.41 Å². The van der Waals surface area contributed by atoms with Crippen molar-refractivity contribution >= 4 is 51.5 Å². The molecule has 160 valence electrons. The number of hydrogen-bond donors (Lipinski definition) is 1. The summed E-state index contributed by atoms with van der Waals surface area (Å²) < 4.78 is 15.3. The number of ether oxygens (including phenoxy) is 3. The largest absolute Gasteiger partial charge is 0.448 e. The van der Waals surface area contributed by atoms with E-state index in [1.165, 1.54) is 0 Å². The van der Waals surface area contributed by atoms with Crippen LogP contribution < -0.4 is 0 Å². The summed E-state index contributed by atoms with van der Waals surface area (Å²) in [5, 5.41) is 13.8. The molecule has 0 radical (unpaired) electrons. The van der Waals surface area contributed by atoms with Crippen molar-refractivity contribution in [1.82, 2.24) is 0 Å². The van der Waals surface area contributed by atoms with Gasteiger partial charge < -0.3 is 14.2 Å². The number of rotatable bonds is 5. The van der Waals surface area contributed by atoms with Gasteiger partial charge in [-0.2, -0.15) is 0 Å². The SMILES string of the molecule is CC1OC(OC(=N)C(Cl)(Cl)Cl)C(N=[N+]=[N-])[C@@H](C)[C@H]1OCc1ccc2ccccc2c1. The highest BCUT2D eigenvalue weighted by Gasteiger charge is 2.45. The first-order valence-corrected chi connectivity index (χ1v) is 10.5. The molecule has 2 aromatic carbocycles. The molecule has 0 bridgehead atoms. The Morgan fingerprint density at radius 2 is 1.90 bits per heavy atom. The summed E-state index contributed by atoms with van der Waals surface area (Å²) in [4.78, 5) is 2.88. The second kappa shape index (κ2) is 9.60. The van der Waals surface area contributed by atoms with E-state index in [4.69, 9.17) is 60.0 Å². The third kappa shape index (κ3) is 5.30. The Kier molecular flexibility index (Phi) is 7.34. The van der Waals surface area contributed by atoms with Gasteiger partial charge in [-0.05, 0) is 40.8 Å².